The Labute approximate surface area is 132 Å². The van der Waals surface area contributed by atoms with Gasteiger partial charge in [-0.05, 0) is 45.4 Å². The lowest BCUT2D eigenvalue weighted by atomic mass is 10.1. The number of fused-ring (bicyclic) bond motifs is 1. The van der Waals surface area contributed by atoms with Crippen LogP contribution in [0.5, 0.6) is 0 Å². The number of carboxylic acid groups (broad SMARTS) is 1. The Morgan fingerprint density at radius 3 is 2.50 bits per heavy atom. The van der Waals surface area contributed by atoms with Crippen LogP contribution >= 0.6 is 11.6 Å². The Bertz CT molecular complexity index is 759. The maximum atomic E-state index is 12.4. The quantitative estimate of drug-likeness (QED) is 0.854. The van der Waals surface area contributed by atoms with Crippen molar-refractivity contribution in [1.29, 1.82) is 0 Å². The molecule has 0 saturated carbocycles. The van der Waals surface area contributed by atoms with Gasteiger partial charge in [0.25, 0.3) is 0 Å². The van der Waals surface area contributed by atoms with E-state index in [0.717, 1.165) is 0 Å². The second kappa shape index (κ2) is 5.61. The molecule has 0 saturated heterocycles. The number of nitrogens with zero attached hydrogens (tertiary/aromatic N) is 2. The Morgan fingerprint density at radius 2 is 2.00 bits per heavy atom. The molecule has 0 unspecified atom stereocenters. The number of aromatic carboxylic acids is 1. The third-order valence-corrected chi connectivity index (χ3v) is 3.24. The van der Waals surface area contributed by atoms with Gasteiger partial charge < -0.3 is 9.84 Å². The minimum Gasteiger partial charge on any atom is -0.478 e. The van der Waals surface area contributed by atoms with Crippen LogP contribution in [0.2, 0.25) is 0 Å². The summed E-state index contributed by atoms with van der Waals surface area (Å²) in [6.45, 7) is 6.95. The maximum absolute atomic E-state index is 12.4. The Kier molecular flexibility index (Phi) is 4.15. The van der Waals surface area contributed by atoms with Gasteiger partial charge in [0.05, 0.1) is 22.5 Å². The summed E-state index contributed by atoms with van der Waals surface area (Å²) in [6.07, 6.45) is -0.590. The molecule has 1 aromatic carbocycles. The van der Waals surface area contributed by atoms with E-state index < -0.39 is 17.7 Å². The number of aryl methyl sites for hydroxylation is 1. The number of rotatable bonds is 2. The van der Waals surface area contributed by atoms with Crippen LogP contribution in [-0.2, 0) is 10.6 Å². The van der Waals surface area contributed by atoms with Crippen molar-refractivity contribution < 1.29 is 19.4 Å². The molecule has 6 nitrogen and oxygen atoms in total. The first-order valence-corrected chi connectivity index (χ1v) is 7.22. The molecule has 0 aliphatic rings. The number of carbonyl (C=O) groups excluding carboxylic acids is 1. The van der Waals surface area contributed by atoms with Crippen molar-refractivity contribution in [2.45, 2.75) is 39.2 Å². The summed E-state index contributed by atoms with van der Waals surface area (Å²) in [5.41, 5.74) is 0.887. The average Bonchev–Trinajstić information content (AvgIpc) is 2.72. The summed E-state index contributed by atoms with van der Waals surface area (Å²) in [7, 11) is 0. The molecule has 1 heterocycles. The first-order valence-electron chi connectivity index (χ1n) is 6.68. The molecule has 2 aromatic rings. The largest absolute Gasteiger partial charge is 0.478 e. The third kappa shape index (κ3) is 3.06. The molecule has 2 rings (SSSR count). The van der Waals surface area contributed by atoms with Crippen LogP contribution in [-0.4, -0.2) is 32.3 Å². The lowest BCUT2D eigenvalue weighted by Gasteiger charge is -2.20. The van der Waals surface area contributed by atoms with E-state index in [1.807, 2.05) is 0 Å². The number of carboxylic acids is 1. The number of carbonyl (C=O) groups is 2. The molecule has 0 aliphatic heterocycles. The number of hydrogen-bond donors (Lipinski definition) is 1. The minimum atomic E-state index is -1.04. The van der Waals surface area contributed by atoms with Gasteiger partial charge in [-0.25, -0.2) is 19.1 Å². The Balaban J connectivity index is 2.65. The van der Waals surface area contributed by atoms with E-state index in [-0.39, 0.29) is 11.4 Å². The number of hydrogen-bond acceptors (Lipinski definition) is 4. The minimum absolute atomic E-state index is 0.00930. The van der Waals surface area contributed by atoms with E-state index in [2.05, 4.69) is 4.98 Å². The van der Waals surface area contributed by atoms with Crippen LogP contribution < -0.4 is 0 Å². The summed E-state index contributed by atoms with van der Waals surface area (Å²) >= 11 is 5.85. The third-order valence-electron chi connectivity index (χ3n) is 3.00. The number of benzene rings is 1. The molecule has 0 bridgehead atoms. The van der Waals surface area contributed by atoms with Crippen LogP contribution in [0, 0.1) is 6.92 Å². The number of ether oxygens (including phenoxy) is 1. The Hall–Kier alpha value is -2.08. The smallest absolute Gasteiger partial charge is 0.420 e. The van der Waals surface area contributed by atoms with Gasteiger partial charge in [-0.15, -0.1) is 11.6 Å². The van der Waals surface area contributed by atoms with Crippen molar-refractivity contribution in [2.24, 2.45) is 0 Å². The molecular weight excluding hydrogens is 308 g/mol. The van der Waals surface area contributed by atoms with E-state index in [0.29, 0.717) is 22.4 Å². The zero-order chi connectivity index (χ0) is 16.7. The number of imidazole rings is 1. The predicted octanol–water partition coefficient (Wildman–Crippen LogP) is 3.56. The van der Waals surface area contributed by atoms with Gasteiger partial charge >= 0.3 is 12.1 Å². The van der Waals surface area contributed by atoms with Crippen LogP contribution in [0.15, 0.2) is 12.1 Å². The second-order valence-electron chi connectivity index (χ2n) is 5.94. The van der Waals surface area contributed by atoms with Crippen molar-refractivity contribution in [3.05, 3.63) is 29.1 Å². The summed E-state index contributed by atoms with van der Waals surface area (Å²) in [5.74, 6) is -0.721. The fourth-order valence-electron chi connectivity index (χ4n) is 2.11. The van der Waals surface area contributed by atoms with E-state index in [1.165, 1.54) is 10.6 Å². The van der Waals surface area contributed by atoms with E-state index in [1.54, 1.807) is 33.8 Å². The fraction of sp³-hybridized carbons (Fsp3) is 0.400. The van der Waals surface area contributed by atoms with Gasteiger partial charge in [-0.1, -0.05) is 0 Å². The van der Waals surface area contributed by atoms with Crippen molar-refractivity contribution in [1.82, 2.24) is 9.55 Å². The van der Waals surface area contributed by atoms with Gasteiger partial charge in [0, 0.05) is 0 Å². The highest BCUT2D eigenvalue weighted by atomic mass is 35.5. The van der Waals surface area contributed by atoms with E-state index >= 15 is 0 Å². The van der Waals surface area contributed by atoms with E-state index in [4.69, 9.17) is 21.4 Å². The van der Waals surface area contributed by atoms with Crippen LogP contribution in [0.25, 0.3) is 11.0 Å². The summed E-state index contributed by atoms with van der Waals surface area (Å²) in [5, 5.41) is 9.17. The molecule has 0 aliphatic carbocycles. The lowest BCUT2D eigenvalue weighted by molar-refractivity contribution is 0.0539. The molecule has 0 atom stereocenters. The topological polar surface area (TPSA) is 81.4 Å². The van der Waals surface area contributed by atoms with Gasteiger partial charge in [0.1, 0.15) is 11.4 Å². The zero-order valence-corrected chi connectivity index (χ0v) is 13.6. The number of alkyl halides is 1. The van der Waals surface area contributed by atoms with Gasteiger partial charge in [0.2, 0.25) is 0 Å². The predicted molar refractivity (Wildman–Crippen MR) is 82.6 cm³/mol. The maximum Gasteiger partial charge on any atom is 0.420 e. The van der Waals surface area contributed by atoms with Gasteiger partial charge in [-0.3, -0.25) is 0 Å². The molecule has 22 heavy (non-hydrogen) atoms. The zero-order valence-electron chi connectivity index (χ0n) is 12.8. The SMILES string of the molecule is Cc1cc2c(cc1C(=O)O)nc(CCl)n2C(=O)OC(C)(C)C. The number of aromatic nitrogens is 2. The molecule has 1 aromatic heterocycles. The van der Waals surface area contributed by atoms with Crippen molar-refractivity contribution in [3.8, 4) is 0 Å². The molecule has 1 N–H and O–H groups in total. The van der Waals surface area contributed by atoms with Crippen molar-refractivity contribution >= 4 is 34.7 Å². The van der Waals surface area contributed by atoms with Crippen LogP contribution in [0.4, 0.5) is 4.79 Å². The summed E-state index contributed by atoms with van der Waals surface area (Å²) in [4.78, 5) is 27.8. The highest BCUT2D eigenvalue weighted by Crippen LogP contribution is 2.23. The van der Waals surface area contributed by atoms with Crippen LogP contribution in [0.3, 0.4) is 0 Å². The molecule has 118 valence electrons. The molecule has 7 heteroatoms. The molecule has 0 amide bonds. The van der Waals surface area contributed by atoms with Gasteiger partial charge in [-0.2, -0.15) is 0 Å². The molecular formula is C15H17ClN2O4. The fourth-order valence-corrected chi connectivity index (χ4v) is 2.29. The van der Waals surface area contributed by atoms with Crippen LogP contribution in [0.1, 0.15) is 42.5 Å². The summed E-state index contributed by atoms with van der Waals surface area (Å²) < 4.78 is 6.64. The Morgan fingerprint density at radius 1 is 1.36 bits per heavy atom. The monoisotopic (exact) mass is 324 g/mol. The van der Waals surface area contributed by atoms with E-state index in [9.17, 15) is 9.59 Å². The second-order valence-corrected chi connectivity index (χ2v) is 6.21. The highest BCUT2D eigenvalue weighted by Gasteiger charge is 2.24. The highest BCUT2D eigenvalue weighted by molar-refractivity contribution is 6.17. The van der Waals surface area contributed by atoms with Crippen molar-refractivity contribution in [2.75, 3.05) is 0 Å². The first kappa shape index (κ1) is 16.3. The first-order chi connectivity index (χ1) is 10.1. The van der Waals surface area contributed by atoms with Gasteiger partial charge in [0.15, 0.2) is 0 Å². The molecule has 0 spiro atoms. The van der Waals surface area contributed by atoms with Crippen molar-refractivity contribution in [3.63, 3.8) is 0 Å². The normalized spacial score (nSPS) is 11.7. The lowest BCUT2D eigenvalue weighted by Crippen LogP contribution is -2.28. The molecule has 0 fully saturated rings. The molecule has 0 radical (unpaired) electrons. The standard InChI is InChI=1S/C15H17ClN2O4/c1-8-5-11-10(6-9(8)13(19)20)17-12(7-16)18(11)14(21)22-15(2,3)4/h5-6H,7H2,1-4H3,(H,19,20). The summed E-state index contributed by atoms with van der Waals surface area (Å²) in [6, 6.07) is 3.04. The number of halogens is 1. The average molecular weight is 325 g/mol.